The average Bonchev–Trinajstić information content (AvgIpc) is 3.06. The van der Waals surface area contributed by atoms with E-state index in [9.17, 15) is 0 Å². The Bertz CT molecular complexity index is 950. The van der Waals surface area contributed by atoms with Crippen molar-refractivity contribution in [2.24, 2.45) is 4.99 Å². The molecule has 4 heteroatoms. The standard InChI is InChI=1S/C25H36N4/c1-5-8-17-29-24-14-10-9-13-22(24)23-18-21(27-20(4)25(23)29)19-26-15-11-12-16-28(6-2)7-3/h9-10,13-14,18-19H,5-8,11-12,15-17H2,1-4H3. The molecule has 2 aromatic heterocycles. The Morgan fingerprint density at radius 3 is 2.59 bits per heavy atom. The molecule has 0 bridgehead atoms. The number of hydrogen-bond acceptors (Lipinski definition) is 3. The van der Waals surface area contributed by atoms with Crippen molar-refractivity contribution < 1.29 is 0 Å². The van der Waals surface area contributed by atoms with E-state index >= 15 is 0 Å². The lowest BCUT2D eigenvalue weighted by Crippen LogP contribution is -2.23. The summed E-state index contributed by atoms with van der Waals surface area (Å²) in [7, 11) is 0. The van der Waals surface area contributed by atoms with Crippen LogP contribution in [0.5, 0.6) is 0 Å². The van der Waals surface area contributed by atoms with Crippen molar-refractivity contribution in [2.45, 2.75) is 59.9 Å². The van der Waals surface area contributed by atoms with Gasteiger partial charge in [0.1, 0.15) is 0 Å². The Balaban J connectivity index is 1.78. The summed E-state index contributed by atoms with van der Waals surface area (Å²) < 4.78 is 2.45. The van der Waals surface area contributed by atoms with Crippen LogP contribution in [0.4, 0.5) is 0 Å². The van der Waals surface area contributed by atoms with Gasteiger partial charge in [0.05, 0.1) is 16.9 Å². The summed E-state index contributed by atoms with van der Waals surface area (Å²) in [5.74, 6) is 0. The molecule has 0 amide bonds. The van der Waals surface area contributed by atoms with Crippen LogP contribution in [0.15, 0.2) is 35.3 Å². The number of fused-ring (bicyclic) bond motifs is 3. The normalized spacial score (nSPS) is 12.2. The van der Waals surface area contributed by atoms with Crippen LogP contribution in [-0.2, 0) is 6.54 Å². The minimum absolute atomic E-state index is 0.873. The predicted molar refractivity (Wildman–Crippen MR) is 126 cm³/mol. The molecule has 0 aliphatic heterocycles. The number of unbranched alkanes of at least 4 members (excludes halogenated alkanes) is 2. The van der Waals surface area contributed by atoms with Crippen LogP contribution in [0.2, 0.25) is 0 Å². The molecular formula is C25H36N4. The minimum atomic E-state index is 0.873. The number of hydrogen-bond donors (Lipinski definition) is 0. The lowest BCUT2D eigenvalue weighted by Gasteiger charge is -2.16. The van der Waals surface area contributed by atoms with Crippen LogP contribution in [0.3, 0.4) is 0 Å². The van der Waals surface area contributed by atoms with Gasteiger partial charge in [-0.1, -0.05) is 45.4 Å². The summed E-state index contributed by atoms with van der Waals surface area (Å²) in [6, 6.07) is 10.9. The second kappa shape index (κ2) is 10.5. The molecule has 1 aromatic carbocycles. The highest BCUT2D eigenvalue weighted by molar-refractivity contribution is 6.09. The summed E-state index contributed by atoms with van der Waals surface area (Å²) in [4.78, 5) is 12.0. The molecule has 2 heterocycles. The van der Waals surface area contributed by atoms with Crippen LogP contribution in [0.25, 0.3) is 21.8 Å². The number of aromatic nitrogens is 2. The van der Waals surface area contributed by atoms with Gasteiger partial charge in [0, 0.05) is 35.6 Å². The molecule has 0 fully saturated rings. The van der Waals surface area contributed by atoms with E-state index in [1.807, 2.05) is 6.21 Å². The van der Waals surface area contributed by atoms with Crippen molar-refractivity contribution >= 4 is 28.0 Å². The van der Waals surface area contributed by atoms with Crippen molar-refractivity contribution in [3.05, 3.63) is 41.7 Å². The first-order valence-corrected chi connectivity index (χ1v) is 11.3. The Kier molecular flexibility index (Phi) is 7.82. The monoisotopic (exact) mass is 392 g/mol. The third-order valence-electron chi connectivity index (χ3n) is 5.81. The quantitative estimate of drug-likeness (QED) is 0.303. The van der Waals surface area contributed by atoms with Gasteiger partial charge in [-0.05, 0) is 58.0 Å². The second-order valence-corrected chi connectivity index (χ2v) is 7.82. The van der Waals surface area contributed by atoms with Crippen molar-refractivity contribution in [2.75, 3.05) is 26.2 Å². The molecule has 0 aliphatic rings. The highest BCUT2D eigenvalue weighted by atomic mass is 15.1. The maximum absolute atomic E-state index is 4.86. The molecule has 0 radical (unpaired) electrons. The lowest BCUT2D eigenvalue weighted by molar-refractivity contribution is 0.298. The maximum atomic E-state index is 4.86. The van der Waals surface area contributed by atoms with E-state index < -0.39 is 0 Å². The van der Waals surface area contributed by atoms with E-state index in [4.69, 9.17) is 4.98 Å². The molecule has 4 nitrogen and oxygen atoms in total. The summed E-state index contributed by atoms with van der Waals surface area (Å²) >= 11 is 0. The fourth-order valence-corrected chi connectivity index (χ4v) is 4.14. The first-order valence-electron chi connectivity index (χ1n) is 11.3. The molecule has 0 unspecified atom stereocenters. The van der Waals surface area contributed by atoms with E-state index in [-0.39, 0.29) is 0 Å². The topological polar surface area (TPSA) is 33.4 Å². The molecule has 3 aromatic rings. The first kappa shape index (κ1) is 21.5. The van der Waals surface area contributed by atoms with Gasteiger partial charge in [0.15, 0.2) is 0 Å². The van der Waals surface area contributed by atoms with E-state index in [1.165, 1.54) is 47.6 Å². The average molecular weight is 393 g/mol. The summed E-state index contributed by atoms with van der Waals surface area (Å²) in [6.45, 7) is 14.2. The molecular weight excluding hydrogens is 356 g/mol. The van der Waals surface area contributed by atoms with Gasteiger partial charge >= 0.3 is 0 Å². The third-order valence-corrected chi connectivity index (χ3v) is 5.81. The number of benzene rings is 1. The number of aliphatic imine (C=N–C) groups is 1. The first-order chi connectivity index (χ1) is 14.2. The zero-order chi connectivity index (χ0) is 20.6. The van der Waals surface area contributed by atoms with Crippen molar-refractivity contribution in [3.63, 3.8) is 0 Å². The molecule has 29 heavy (non-hydrogen) atoms. The summed E-state index contributed by atoms with van der Waals surface area (Å²) in [6.07, 6.45) is 6.67. The zero-order valence-electron chi connectivity index (χ0n) is 18.6. The SMILES string of the molecule is CCCCn1c2ccccc2c2cc(C=NCCCCN(CC)CC)nc(C)c21. The van der Waals surface area contributed by atoms with Crippen molar-refractivity contribution in [3.8, 4) is 0 Å². The molecule has 0 aliphatic carbocycles. The molecule has 0 saturated carbocycles. The van der Waals surface area contributed by atoms with Crippen molar-refractivity contribution in [1.82, 2.24) is 14.5 Å². The van der Waals surface area contributed by atoms with Gasteiger partial charge in [0.25, 0.3) is 0 Å². The largest absolute Gasteiger partial charge is 0.339 e. The highest BCUT2D eigenvalue weighted by Gasteiger charge is 2.13. The number of aryl methyl sites for hydroxylation is 2. The Hall–Kier alpha value is -2.20. The maximum Gasteiger partial charge on any atom is 0.0818 e. The number of para-hydroxylation sites is 1. The van der Waals surface area contributed by atoms with Gasteiger partial charge in [-0.2, -0.15) is 0 Å². The molecule has 0 spiro atoms. The zero-order valence-corrected chi connectivity index (χ0v) is 18.6. The van der Waals surface area contributed by atoms with E-state index in [0.717, 1.165) is 44.0 Å². The smallest absolute Gasteiger partial charge is 0.0818 e. The Morgan fingerprint density at radius 1 is 1.03 bits per heavy atom. The summed E-state index contributed by atoms with van der Waals surface area (Å²) in [5, 5.41) is 2.62. The Morgan fingerprint density at radius 2 is 1.83 bits per heavy atom. The molecule has 3 rings (SSSR count). The number of pyridine rings is 1. The Labute approximate surface area is 175 Å². The van der Waals surface area contributed by atoms with Crippen LogP contribution < -0.4 is 0 Å². The predicted octanol–water partition coefficient (Wildman–Crippen LogP) is 5.84. The van der Waals surface area contributed by atoms with Gasteiger partial charge < -0.3 is 9.47 Å². The van der Waals surface area contributed by atoms with Gasteiger partial charge in [-0.25, -0.2) is 4.98 Å². The van der Waals surface area contributed by atoms with Crippen molar-refractivity contribution in [1.29, 1.82) is 0 Å². The fraction of sp³-hybridized carbons (Fsp3) is 0.520. The van der Waals surface area contributed by atoms with Crippen LogP contribution >= 0.6 is 0 Å². The number of nitrogens with zero attached hydrogens (tertiary/aromatic N) is 4. The van der Waals surface area contributed by atoms with Gasteiger partial charge in [-0.15, -0.1) is 0 Å². The molecule has 0 saturated heterocycles. The van der Waals surface area contributed by atoms with Gasteiger partial charge in [-0.3, -0.25) is 4.99 Å². The highest BCUT2D eigenvalue weighted by Crippen LogP contribution is 2.31. The minimum Gasteiger partial charge on any atom is -0.339 e. The van der Waals surface area contributed by atoms with Crippen LogP contribution in [0, 0.1) is 6.92 Å². The third kappa shape index (κ3) is 5.05. The second-order valence-electron chi connectivity index (χ2n) is 7.82. The van der Waals surface area contributed by atoms with E-state index in [0.29, 0.717) is 0 Å². The fourth-order valence-electron chi connectivity index (χ4n) is 4.14. The van der Waals surface area contributed by atoms with Crippen LogP contribution in [0.1, 0.15) is 57.8 Å². The molecule has 0 atom stereocenters. The molecule has 0 N–H and O–H groups in total. The van der Waals surface area contributed by atoms with Gasteiger partial charge in [0.2, 0.25) is 0 Å². The molecule has 156 valence electrons. The van der Waals surface area contributed by atoms with E-state index in [2.05, 4.69) is 72.5 Å². The summed E-state index contributed by atoms with van der Waals surface area (Å²) in [5.41, 5.74) is 4.65. The van der Waals surface area contributed by atoms with E-state index in [1.54, 1.807) is 0 Å². The number of rotatable bonds is 11. The lowest BCUT2D eigenvalue weighted by atomic mass is 10.1. The van der Waals surface area contributed by atoms with Crippen LogP contribution in [-0.4, -0.2) is 46.8 Å².